The minimum Gasteiger partial charge on any atom is -0.329 e. The van der Waals surface area contributed by atoms with Crippen molar-refractivity contribution in [3.8, 4) is 0 Å². The van der Waals surface area contributed by atoms with Crippen LogP contribution in [0.3, 0.4) is 0 Å². The van der Waals surface area contributed by atoms with Crippen molar-refractivity contribution in [2.45, 2.75) is 50.5 Å². The number of nitrogens with zero attached hydrogens (tertiary/aromatic N) is 1. The molecule has 3 atom stereocenters. The third kappa shape index (κ3) is 2.40. The van der Waals surface area contributed by atoms with E-state index in [1.165, 1.54) is 38.6 Å². The number of rotatable bonds is 4. The molecule has 0 radical (unpaired) electrons. The molecule has 0 heterocycles. The molecule has 0 bridgehead atoms. The second-order valence-electron chi connectivity index (χ2n) is 7.11. The van der Waals surface area contributed by atoms with Crippen molar-refractivity contribution in [3.05, 3.63) is 35.4 Å². The van der Waals surface area contributed by atoms with Crippen molar-refractivity contribution >= 4 is 0 Å². The van der Waals surface area contributed by atoms with Crippen molar-refractivity contribution < 1.29 is 0 Å². The lowest BCUT2D eigenvalue weighted by Gasteiger charge is -2.48. The van der Waals surface area contributed by atoms with E-state index < -0.39 is 0 Å². The Morgan fingerprint density at radius 1 is 1.35 bits per heavy atom. The number of benzene rings is 1. The Morgan fingerprint density at radius 2 is 2.15 bits per heavy atom. The minimum atomic E-state index is 0.252. The topological polar surface area (TPSA) is 29.3 Å². The van der Waals surface area contributed by atoms with Gasteiger partial charge in [-0.2, -0.15) is 0 Å². The van der Waals surface area contributed by atoms with Gasteiger partial charge in [-0.15, -0.1) is 0 Å². The highest BCUT2D eigenvalue weighted by molar-refractivity contribution is 5.40. The molecule has 2 nitrogen and oxygen atoms in total. The van der Waals surface area contributed by atoms with E-state index in [1.54, 1.807) is 11.1 Å². The second-order valence-corrected chi connectivity index (χ2v) is 7.11. The van der Waals surface area contributed by atoms with E-state index in [9.17, 15) is 0 Å². The zero-order valence-corrected chi connectivity index (χ0v) is 12.9. The molecule has 2 aliphatic carbocycles. The highest BCUT2D eigenvalue weighted by Crippen LogP contribution is 2.40. The molecule has 2 heteroatoms. The van der Waals surface area contributed by atoms with E-state index in [0.717, 1.165) is 18.4 Å². The molecule has 3 rings (SSSR count). The first-order chi connectivity index (χ1) is 9.64. The average molecular weight is 272 g/mol. The third-order valence-electron chi connectivity index (χ3n) is 5.71. The lowest BCUT2D eigenvalue weighted by Crippen LogP contribution is -2.56. The molecule has 0 aliphatic heterocycles. The molecule has 1 fully saturated rings. The summed E-state index contributed by atoms with van der Waals surface area (Å²) in [6, 6.07) is 8.90. The third-order valence-corrected chi connectivity index (χ3v) is 5.71. The molecule has 110 valence electrons. The van der Waals surface area contributed by atoms with Crippen LogP contribution in [0.1, 0.15) is 49.7 Å². The van der Waals surface area contributed by atoms with Crippen LogP contribution >= 0.6 is 0 Å². The Hall–Kier alpha value is -0.860. The summed E-state index contributed by atoms with van der Waals surface area (Å²) in [7, 11) is 2.30. The molecule has 2 N–H and O–H groups in total. The second kappa shape index (κ2) is 5.50. The van der Waals surface area contributed by atoms with Gasteiger partial charge in [0.15, 0.2) is 0 Å². The molecule has 20 heavy (non-hydrogen) atoms. The van der Waals surface area contributed by atoms with Crippen LogP contribution in [0, 0.1) is 5.92 Å². The number of likely N-dealkylation sites (N-methyl/N-ethyl adjacent to an activating group) is 1. The number of fused-ring (bicyclic) bond motifs is 1. The van der Waals surface area contributed by atoms with Crippen molar-refractivity contribution in [1.82, 2.24) is 4.90 Å². The number of nitrogens with two attached hydrogens (primary N) is 1. The van der Waals surface area contributed by atoms with Gasteiger partial charge in [-0.1, -0.05) is 44.0 Å². The molecular formula is C18H28N2. The molecule has 0 saturated heterocycles. The van der Waals surface area contributed by atoms with Gasteiger partial charge in [-0.25, -0.2) is 0 Å². The van der Waals surface area contributed by atoms with E-state index in [-0.39, 0.29) is 5.54 Å². The summed E-state index contributed by atoms with van der Waals surface area (Å²) in [6.07, 6.45) is 6.51. The zero-order valence-electron chi connectivity index (χ0n) is 12.9. The maximum Gasteiger partial charge on any atom is 0.0331 e. The highest BCUT2D eigenvalue weighted by Gasteiger charge is 2.39. The molecule has 3 unspecified atom stereocenters. The van der Waals surface area contributed by atoms with Crippen molar-refractivity contribution in [2.24, 2.45) is 11.7 Å². The number of hydrogen-bond acceptors (Lipinski definition) is 2. The molecule has 1 aromatic carbocycles. The van der Waals surface area contributed by atoms with Crippen LogP contribution < -0.4 is 5.73 Å². The molecule has 0 spiro atoms. The Bertz CT molecular complexity index is 470. The van der Waals surface area contributed by atoms with E-state index in [1.807, 2.05) is 0 Å². The first-order valence-electron chi connectivity index (χ1n) is 8.14. The smallest absolute Gasteiger partial charge is 0.0331 e. The Morgan fingerprint density at radius 3 is 2.85 bits per heavy atom. The standard InChI is InChI=1S/C18H28N2/c1-14-6-5-9-18(11-14,13-19)20(2)12-16-10-15-7-3-4-8-17(15)16/h3-4,7-8,14,16H,5-6,9-13,19H2,1-2H3. The summed E-state index contributed by atoms with van der Waals surface area (Å²) in [4.78, 5) is 2.59. The molecule has 0 aromatic heterocycles. The first kappa shape index (κ1) is 14.1. The summed E-state index contributed by atoms with van der Waals surface area (Å²) in [6.45, 7) is 4.36. The Balaban J connectivity index is 1.68. The SMILES string of the molecule is CC1CCCC(CN)(N(C)CC2Cc3ccccc32)C1. The first-order valence-corrected chi connectivity index (χ1v) is 8.14. The van der Waals surface area contributed by atoms with Gasteiger partial charge >= 0.3 is 0 Å². The van der Waals surface area contributed by atoms with Crippen LogP contribution in [-0.2, 0) is 6.42 Å². The lowest BCUT2D eigenvalue weighted by molar-refractivity contribution is 0.0546. The van der Waals surface area contributed by atoms with Crippen molar-refractivity contribution in [2.75, 3.05) is 20.1 Å². The summed E-state index contributed by atoms with van der Waals surface area (Å²) in [5.74, 6) is 1.54. The minimum absolute atomic E-state index is 0.252. The van der Waals surface area contributed by atoms with Gasteiger partial charge in [-0.05, 0) is 43.4 Å². The van der Waals surface area contributed by atoms with Gasteiger partial charge in [0, 0.05) is 24.5 Å². The quantitative estimate of drug-likeness (QED) is 0.912. The van der Waals surface area contributed by atoms with Crippen LogP contribution in [-0.4, -0.2) is 30.6 Å². The molecule has 0 amide bonds. The summed E-state index contributed by atoms with van der Waals surface area (Å²) >= 11 is 0. The normalized spacial score (nSPS) is 32.8. The highest BCUT2D eigenvalue weighted by atomic mass is 15.2. The van der Waals surface area contributed by atoms with E-state index in [4.69, 9.17) is 5.73 Å². The van der Waals surface area contributed by atoms with E-state index in [0.29, 0.717) is 0 Å². The van der Waals surface area contributed by atoms with Gasteiger partial charge in [0.25, 0.3) is 0 Å². The van der Waals surface area contributed by atoms with E-state index in [2.05, 4.69) is 43.1 Å². The predicted molar refractivity (Wildman–Crippen MR) is 84.9 cm³/mol. The van der Waals surface area contributed by atoms with Crippen LogP contribution in [0.15, 0.2) is 24.3 Å². The molecular weight excluding hydrogens is 244 g/mol. The summed E-state index contributed by atoms with van der Waals surface area (Å²) < 4.78 is 0. The molecule has 1 saturated carbocycles. The molecule has 1 aromatic rings. The predicted octanol–water partition coefficient (Wildman–Crippen LogP) is 3.17. The summed E-state index contributed by atoms with van der Waals surface area (Å²) in [5.41, 5.74) is 9.55. The maximum atomic E-state index is 6.19. The average Bonchev–Trinajstić information content (AvgIpc) is 2.44. The van der Waals surface area contributed by atoms with Crippen molar-refractivity contribution in [1.29, 1.82) is 0 Å². The number of hydrogen-bond donors (Lipinski definition) is 1. The van der Waals surface area contributed by atoms with Crippen LogP contribution in [0.2, 0.25) is 0 Å². The Kier molecular flexibility index (Phi) is 3.87. The van der Waals surface area contributed by atoms with Crippen molar-refractivity contribution in [3.63, 3.8) is 0 Å². The lowest BCUT2D eigenvalue weighted by atomic mass is 9.73. The van der Waals surface area contributed by atoms with E-state index >= 15 is 0 Å². The van der Waals surface area contributed by atoms with Gasteiger partial charge < -0.3 is 5.73 Å². The van der Waals surface area contributed by atoms with Gasteiger partial charge in [-0.3, -0.25) is 4.90 Å². The zero-order chi connectivity index (χ0) is 14.2. The Labute approximate surface area is 123 Å². The van der Waals surface area contributed by atoms with Crippen LogP contribution in [0.5, 0.6) is 0 Å². The monoisotopic (exact) mass is 272 g/mol. The fourth-order valence-electron chi connectivity index (χ4n) is 4.37. The maximum absolute atomic E-state index is 6.19. The van der Waals surface area contributed by atoms with Gasteiger partial charge in [0.05, 0.1) is 0 Å². The van der Waals surface area contributed by atoms with Crippen LogP contribution in [0.4, 0.5) is 0 Å². The van der Waals surface area contributed by atoms with Crippen LogP contribution in [0.25, 0.3) is 0 Å². The largest absolute Gasteiger partial charge is 0.329 e. The van der Waals surface area contributed by atoms with Gasteiger partial charge in [0.2, 0.25) is 0 Å². The summed E-state index contributed by atoms with van der Waals surface area (Å²) in [5, 5.41) is 0. The van der Waals surface area contributed by atoms with Gasteiger partial charge in [0.1, 0.15) is 0 Å². The molecule has 2 aliphatic rings. The fourth-order valence-corrected chi connectivity index (χ4v) is 4.37. The fraction of sp³-hybridized carbons (Fsp3) is 0.667.